The molecule has 1 fully saturated rings. The van der Waals surface area contributed by atoms with Crippen LogP contribution in [0.4, 0.5) is 0 Å². The largest absolute Gasteiger partial charge is 0.493 e. The van der Waals surface area contributed by atoms with Gasteiger partial charge in [0.15, 0.2) is 11.5 Å². The maximum atomic E-state index is 12.5. The molecule has 2 atom stereocenters. The normalized spacial score (nSPS) is 22.4. The quantitative estimate of drug-likeness (QED) is 0.762. The second-order valence-corrected chi connectivity index (χ2v) is 7.52. The molecule has 25 heavy (non-hydrogen) atoms. The van der Waals surface area contributed by atoms with E-state index in [0.29, 0.717) is 18.6 Å². The molecular weight excluding hydrogens is 382 g/mol. The number of methoxy groups -OCH3 is 2. The summed E-state index contributed by atoms with van der Waals surface area (Å²) in [6.45, 7) is 0.828. The van der Waals surface area contributed by atoms with Crippen molar-refractivity contribution in [2.24, 2.45) is 0 Å². The Morgan fingerprint density at radius 2 is 1.64 bits per heavy atom. The SMILES string of the molecule is COc1cc2c(cc1OC)[C@H]1CC(=O)C[C@H](c3ccc(Br)cc3)N1C2. The molecule has 0 saturated carbocycles. The van der Waals surface area contributed by atoms with Crippen LogP contribution < -0.4 is 9.47 Å². The van der Waals surface area contributed by atoms with Crippen LogP contribution in [0.3, 0.4) is 0 Å². The first-order chi connectivity index (χ1) is 12.1. The van der Waals surface area contributed by atoms with Crippen molar-refractivity contribution in [3.8, 4) is 11.5 Å². The highest BCUT2D eigenvalue weighted by molar-refractivity contribution is 9.10. The Morgan fingerprint density at radius 1 is 1.00 bits per heavy atom. The molecule has 0 spiro atoms. The van der Waals surface area contributed by atoms with Crippen molar-refractivity contribution in [1.29, 1.82) is 0 Å². The molecule has 2 heterocycles. The fourth-order valence-electron chi connectivity index (χ4n) is 4.05. The van der Waals surface area contributed by atoms with Gasteiger partial charge in [0.2, 0.25) is 0 Å². The van der Waals surface area contributed by atoms with Gasteiger partial charge in [-0.15, -0.1) is 0 Å². The van der Waals surface area contributed by atoms with Crippen LogP contribution in [0, 0.1) is 0 Å². The average Bonchev–Trinajstić information content (AvgIpc) is 2.98. The number of hydrogen-bond acceptors (Lipinski definition) is 4. The zero-order valence-electron chi connectivity index (χ0n) is 14.3. The van der Waals surface area contributed by atoms with Crippen LogP contribution in [-0.4, -0.2) is 24.9 Å². The van der Waals surface area contributed by atoms with Gasteiger partial charge in [-0.1, -0.05) is 28.1 Å². The van der Waals surface area contributed by atoms with E-state index in [2.05, 4.69) is 39.0 Å². The number of carbonyl (C=O) groups is 1. The summed E-state index contributed by atoms with van der Waals surface area (Å²) < 4.78 is 12.0. The molecule has 2 aromatic rings. The standard InChI is InChI=1S/C20H20BrNO3/c1-24-19-7-13-11-22-17(12-3-5-14(21)6-4-12)8-15(23)9-18(22)16(13)10-20(19)25-2/h3-7,10,17-18H,8-9,11H2,1-2H3/t17-,18-/m1/s1. The van der Waals surface area contributed by atoms with E-state index in [0.717, 1.165) is 22.5 Å². The van der Waals surface area contributed by atoms with Crippen molar-refractivity contribution >= 4 is 21.7 Å². The van der Waals surface area contributed by atoms with Gasteiger partial charge in [-0.25, -0.2) is 0 Å². The van der Waals surface area contributed by atoms with Gasteiger partial charge in [-0.05, 0) is 41.0 Å². The first-order valence-corrected chi connectivity index (χ1v) is 9.17. The van der Waals surface area contributed by atoms with E-state index in [9.17, 15) is 4.79 Å². The first-order valence-electron chi connectivity index (χ1n) is 8.38. The van der Waals surface area contributed by atoms with Gasteiger partial charge in [-0.2, -0.15) is 0 Å². The van der Waals surface area contributed by atoms with Gasteiger partial charge >= 0.3 is 0 Å². The number of fused-ring (bicyclic) bond motifs is 3. The summed E-state index contributed by atoms with van der Waals surface area (Å²) in [7, 11) is 3.30. The summed E-state index contributed by atoms with van der Waals surface area (Å²) in [6, 6.07) is 12.6. The minimum absolute atomic E-state index is 0.115. The number of Topliss-reactive ketones (excluding diaryl/α,β-unsaturated/α-hetero) is 1. The van der Waals surface area contributed by atoms with Gasteiger partial charge in [0.1, 0.15) is 5.78 Å². The van der Waals surface area contributed by atoms with E-state index in [-0.39, 0.29) is 12.1 Å². The number of nitrogens with zero attached hydrogens (tertiary/aromatic N) is 1. The Morgan fingerprint density at radius 3 is 2.32 bits per heavy atom. The first kappa shape index (κ1) is 16.6. The molecule has 0 amide bonds. The highest BCUT2D eigenvalue weighted by Gasteiger charge is 2.41. The number of ether oxygens (including phenoxy) is 2. The van der Waals surface area contributed by atoms with E-state index in [1.54, 1.807) is 14.2 Å². The molecule has 0 radical (unpaired) electrons. The zero-order chi connectivity index (χ0) is 17.6. The van der Waals surface area contributed by atoms with Crippen molar-refractivity contribution < 1.29 is 14.3 Å². The fourth-order valence-corrected chi connectivity index (χ4v) is 4.31. The van der Waals surface area contributed by atoms with Gasteiger partial charge in [-0.3, -0.25) is 9.69 Å². The Labute approximate surface area is 155 Å². The highest BCUT2D eigenvalue weighted by atomic mass is 79.9. The lowest BCUT2D eigenvalue weighted by Gasteiger charge is -2.37. The van der Waals surface area contributed by atoms with Crippen molar-refractivity contribution in [2.75, 3.05) is 14.2 Å². The summed E-state index contributed by atoms with van der Waals surface area (Å²) in [5.74, 6) is 1.78. The van der Waals surface area contributed by atoms with Crippen LogP contribution in [0.5, 0.6) is 11.5 Å². The Hall–Kier alpha value is -1.85. The fraction of sp³-hybridized carbons (Fsp3) is 0.350. The molecule has 0 bridgehead atoms. The molecule has 2 aromatic carbocycles. The van der Waals surface area contributed by atoms with Crippen molar-refractivity contribution in [3.05, 3.63) is 57.6 Å². The number of piperidine rings is 1. The number of halogens is 1. The molecule has 0 unspecified atom stereocenters. The Kier molecular flexibility index (Phi) is 4.29. The lowest BCUT2D eigenvalue weighted by atomic mass is 9.89. The predicted molar refractivity (Wildman–Crippen MR) is 99.0 cm³/mol. The molecule has 4 nitrogen and oxygen atoms in total. The van der Waals surface area contributed by atoms with Gasteiger partial charge in [0.05, 0.1) is 14.2 Å². The van der Waals surface area contributed by atoms with Crippen molar-refractivity contribution in [2.45, 2.75) is 31.5 Å². The molecule has 1 saturated heterocycles. The summed E-state index contributed by atoms with van der Waals surface area (Å²) in [4.78, 5) is 14.9. The summed E-state index contributed by atoms with van der Waals surface area (Å²) in [5.41, 5.74) is 3.60. The second kappa shape index (κ2) is 6.46. The number of carbonyl (C=O) groups excluding carboxylic acids is 1. The molecule has 5 heteroatoms. The van der Waals surface area contributed by atoms with Crippen LogP contribution in [0.2, 0.25) is 0 Å². The van der Waals surface area contributed by atoms with Gasteiger partial charge in [0, 0.05) is 35.9 Å². The van der Waals surface area contributed by atoms with Gasteiger partial charge < -0.3 is 9.47 Å². The minimum Gasteiger partial charge on any atom is -0.493 e. The average molecular weight is 402 g/mol. The molecule has 0 aliphatic carbocycles. The van der Waals surface area contributed by atoms with Crippen LogP contribution in [0.15, 0.2) is 40.9 Å². The van der Waals surface area contributed by atoms with Crippen LogP contribution in [-0.2, 0) is 11.3 Å². The van der Waals surface area contributed by atoms with E-state index in [4.69, 9.17) is 9.47 Å². The van der Waals surface area contributed by atoms with Crippen LogP contribution in [0.1, 0.15) is 41.6 Å². The second-order valence-electron chi connectivity index (χ2n) is 6.61. The summed E-state index contributed by atoms with van der Waals surface area (Å²) in [5, 5.41) is 0. The van der Waals surface area contributed by atoms with Crippen molar-refractivity contribution in [1.82, 2.24) is 4.90 Å². The number of rotatable bonds is 3. The summed E-state index contributed by atoms with van der Waals surface area (Å²) >= 11 is 3.48. The topological polar surface area (TPSA) is 38.8 Å². The minimum atomic E-state index is 0.115. The third-order valence-corrected chi connectivity index (χ3v) is 5.78. The van der Waals surface area contributed by atoms with Crippen LogP contribution in [0.25, 0.3) is 0 Å². The zero-order valence-corrected chi connectivity index (χ0v) is 15.9. The molecular formula is C20H20BrNO3. The lowest BCUT2D eigenvalue weighted by Crippen LogP contribution is -2.35. The Balaban J connectivity index is 1.74. The van der Waals surface area contributed by atoms with Gasteiger partial charge in [0.25, 0.3) is 0 Å². The number of hydrogen-bond donors (Lipinski definition) is 0. The van der Waals surface area contributed by atoms with E-state index in [1.165, 1.54) is 16.7 Å². The number of ketones is 1. The third kappa shape index (κ3) is 2.85. The maximum Gasteiger partial charge on any atom is 0.161 e. The van der Waals surface area contributed by atoms with E-state index < -0.39 is 0 Å². The summed E-state index contributed by atoms with van der Waals surface area (Å²) in [6.07, 6.45) is 1.13. The highest BCUT2D eigenvalue weighted by Crippen LogP contribution is 2.49. The molecule has 2 aliphatic rings. The predicted octanol–water partition coefficient (Wildman–Crippen LogP) is 4.43. The Bertz CT molecular complexity index is 818. The molecule has 130 valence electrons. The number of benzene rings is 2. The lowest BCUT2D eigenvalue weighted by molar-refractivity contribution is -0.125. The van der Waals surface area contributed by atoms with E-state index in [1.807, 2.05) is 18.2 Å². The van der Waals surface area contributed by atoms with Crippen LogP contribution >= 0.6 is 15.9 Å². The van der Waals surface area contributed by atoms with Crippen molar-refractivity contribution in [3.63, 3.8) is 0 Å². The third-order valence-electron chi connectivity index (χ3n) is 5.25. The molecule has 2 aliphatic heterocycles. The molecule has 0 aromatic heterocycles. The monoisotopic (exact) mass is 401 g/mol. The molecule has 4 rings (SSSR count). The smallest absolute Gasteiger partial charge is 0.161 e. The maximum absolute atomic E-state index is 12.5. The van der Waals surface area contributed by atoms with E-state index >= 15 is 0 Å². The molecule has 0 N–H and O–H groups in total.